The lowest BCUT2D eigenvalue weighted by Gasteiger charge is -2.02. The molecule has 86 valence electrons. The minimum Gasteiger partial charge on any atom is -0.368 e. The number of nitrogen functional groups attached to an aromatic ring is 1. The largest absolute Gasteiger partial charge is 0.368 e. The first-order valence-electron chi connectivity index (χ1n) is 4.76. The Hall–Kier alpha value is -2.29. The molecule has 3 rings (SSSR count). The number of hydrogen-bond acceptors (Lipinski definition) is 8. The highest BCUT2D eigenvalue weighted by atomic mass is 32.1. The fraction of sp³-hybridized carbons (Fsp3) is 0.125. The smallest absolute Gasteiger partial charge is 0.224 e. The van der Waals surface area contributed by atoms with Crippen molar-refractivity contribution >= 4 is 39.6 Å². The number of nitrogens with two attached hydrogens (primary N) is 1. The highest BCUT2D eigenvalue weighted by Crippen LogP contribution is 2.22. The van der Waals surface area contributed by atoms with Crippen LogP contribution in [0.2, 0.25) is 0 Å². The van der Waals surface area contributed by atoms with E-state index in [4.69, 9.17) is 5.73 Å². The van der Waals surface area contributed by atoms with E-state index in [2.05, 4.69) is 34.6 Å². The van der Waals surface area contributed by atoms with E-state index >= 15 is 0 Å². The fourth-order valence-corrected chi connectivity index (χ4v) is 1.96. The van der Waals surface area contributed by atoms with Crippen LogP contribution in [0.15, 0.2) is 6.33 Å². The molecule has 8 nitrogen and oxygen atoms in total. The molecule has 3 aromatic heterocycles. The van der Waals surface area contributed by atoms with Gasteiger partial charge in [-0.15, -0.1) is 0 Å². The summed E-state index contributed by atoms with van der Waals surface area (Å²) in [6.07, 6.45) is 1.54. The van der Waals surface area contributed by atoms with Gasteiger partial charge in [-0.3, -0.25) is 0 Å². The zero-order valence-electron chi connectivity index (χ0n) is 8.80. The maximum Gasteiger partial charge on any atom is 0.224 e. The van der Waals surface area contributed by atoms with Gasteiger partial charge in [0.05, 0.1) is 6.33 Å². The average Bonchev–Trinajstić information content (AvgIpc) is 2.87. The summed E-state index contributed by atoms with van der Waals surface area (Å²) in [6.45, 7) is 1.82. The summed E-state index contributed by atoms with van der Waals surface area (Å²) in [5, 5.41) is 3.69. The van der Waals surface area contributed by atoms with Crippen molar-refractivity contribution in [2.24, 2.45) is 0 Å². The first-order valence-corrected chi connectivity index (χ1v) is 5.53. The van der Waals surface area contributed by atoms with Crippen LogP contribution in [0.3, 0.4) is 0 Å². The van der Waals surface area contributed by atoms with Crippen LogP contribution < -0.4 is 11.1 Å². The van der Waals surface area contributed by atoms with Crippen LogP contribution in [0.5, 0.6) is 0 Å². The molecular weight excluding hydrogens is 240 g/mol. The van der Waals surface area contributed by atoms with Crippen molar-refractivity contribution in [3.63, 3.8) is 0 Å². The van der Waals surface area contributed by atoms with E-state index in [-0.39, 0.29) is 5.95 Å². The summed E-state index contributed by atoms with van der Waals surface area (Å²) in [5.74, 6) is 1.41. The van der Waals surface area contributed by atoms with Crippen molar-refractivity contribution in [3.8, 4) is 0 Å². The number of nitrogens with one attached hydrogen (secondary N) is 2. The molecule has 0 bridgehead atoms. The second kappa shape index (κ2) is 3.63. The predicted octanol–water partition coefficient (Wildman–Crippen LogP) is 0.839. The Bertz CT molecular complexity index is 671. The lowest BCUT2D eigenvalue weighted by atomic mass is 10.5. The molecule has 0 aliphatic heterocycles. The highest BCUT2D eigenvalue weighted by Gasteiger charge is 2.10. The molecule has 0 aliphatic rings. The minimum absolute atomic E-state index is 0.160. The molecular formula is C8H8N8S. The molecule has 0 fully saturated rings. The van der Waals surface area contributed by atoms with Crippen molar-refractivity contribution in [2.45, 2.75) is 6.92 Å². The van der Waals surface area contributed by atoms with Gasteiger partial charge < -0.3 is 16.0 Å². The number of aryl methyl sites for hydroxylation is 1. The van der Waals surface area contributed by atoms with Gasteiger partial charge in [-0.25, -0.2) is 9.97 Å². The summed E-state index contributed by atoms with van der Waals surface area (Å²) in [6, 6.07) is 0. The fourth-order valence-electron chi connectivity index (χ4n) is 1.39. The van der Waals surface area contributed by atoms with Crippen molar-refractivity contribution in [2.75, 3.05) is 11.1 Å². The van der Waals surface area contributed by atoms with Gasteiger partial charge in [-0.1, -0.05) is 0 Å². The molecule has 9 heteroatoms. The number of nitrogens with zero attached hydrogens (tertiary/aromatic N) is 5. The minimum atomic E-state index is 0.160. The molecule has 0 saturated carbocycles. The SMILES string of the molecule is Cc1nsc(Nc2nc(N)nc3nc[nH]c23)n1. The third-order valence-electron chi connectivity index (χ3n) is 2.06. The van der Waals surface area contributed by atoms with Crippen LogP contribution >= 0.6 is 11.5 Å². The number of H-pyrrole nitrogens is 1. The van der Waals surface area contributed by atoms with E-state index in [0.29, 0.717) is 27.9 Å². The topological polar surface area (TPSA) is 118 Å². The van der Waals surface area contributed by atoms with Crippen LogP contribution in [-0.2, 0) is 0 Å². The molecule has 4 N–H and O–H groups in total. The van der Waals surface area contributed by atoms with Gasteiger partial charge in [0.25, 0.3) is 0 Å². The van der Waals surface area contributed by atoms with E-state index in [1.54, 1.807) is 0 Å². The molecule has 0 unspecified atom stereocenters. The Labute approximate surface area is 99.5 Å². The average molecular weight is 248 g/mol. The molecule has 0 spiro atoms. The summed E-state index contributed by atoms with van der Waals surface area (Å²) in [7, 11) is 0. The van der Waals surface area contributed by atoms with Crippen molar-refractivity contribution in [1.29, 1.82) is 0 Å². The molecule has 3 aromatic rings. The lowest BCUT2D eigenvalue weighted by Crippen LogP contribution is -2.01. The summed E-state index contributed by atoms with van der Waals surface area (Å²) >= 11 is 1.25. The summed E-state index contributed by atoms with van der Waals surface area (Å²) < 4.78 is 4.07. The van der Waals surface area contributed by atoms with E-state index in [1.165, 1.54) is 17.9 Å². The molecule has 0 amide bonds. The van der Waals surface area contributed by atoms with Gasteiger partial charge in [0.2, 0.25) is 11.1 Å². The zero-order valence-corrected chi connectivity index (χ0v) is 9.62. The molecule has 0 aliphatic carbocycles. The number of rotatable bonds is 2. The monoisotopic (exact) mass is 248 g/mol. The third-order valence-corrected chi connectivity index (χ3v) is 2.78. The summed E-state index contributed by atoms with van der Waals surface area (Å²) in [4.78, 5) is 19.3. The number of aromatic amines is 1. The van der Waals surface area contributed by atoms with Crippen LogP contribution in [0, 0.1) is 6.92 Å². The second-order valence-electron chi connectivity index (χ2n) is 3.30. The normalized spacial score (nSPS) is 10.9. The zero-order chi connectivity index (χ0) is 11.8. The lowest BCUT2D eigenvalue weighted by molar-refractivity contribution is 1.16. The Kier molecular flexibility index (Phi) is 2.11. The molecule has 0 radical (unpaired) electrons. The van der Waals surface area contributed by atoms with Crippen molar-refractivity contribution in [3.05, 3.63) is 12.2 Å². The van der Waals surface area contributed by atoms with E-state index in [0.717, 1.165) is 0 Å². The number of anilines is 3. The standard InChI is InChI=1S/C8H8N8S/c1-3-12-8(17-16-3)15-6-4-5(11-2-10-4)13-7(9)14-6/h2H,1H3,(H4,9,10,11,12,13,14,15,16). The second-order valence-corrected chi connectivity index (χ2v) is 4.06. The Balaban J connectivity index is 2.07. The third kappa shape index (κ3) is 1.76. The van der Waals surface area contributed by atoms with Crippen LogP contribution in [-0.4, -0.2) is 29.3 Å². The Morgan fingerprint density at radius 2 is 2.24 bits per heavy atom. The molecule has 17 heavy (non-hydrogen) atoms. The highest BCUT2D eigenvalue weighted by molar-refractivity contribution is 7.09. The quantitative estimate of drug-likeness (QED) is 0.614. The van der Waals surface area contributed by atoms with Gasteiger partial charge >= 0.3 is 0 Å². The van der Waals surface area contributed by atoms with Crippen LogP contribution in [0.1, 0.15) is 5.82 Å². The van der Waals surface area contributed by atoms with E-state index in [9.17, 15) is 0 Å². The van der Waals surface area contributed by atoms with Crippen molar-refractivity contribution < 1.29 is 0 Å². The number of aromatic nitrogens is 6. The number of hydrogen-bond donors (Lipinski definition) is 3. The molecule has 3 heterocycles. The predicted molar refractivity (Wildman–Crippen MR) is 64.0 cm³/mol. The molecule has 0 atom stereocenters. The molecule has 0 aromatic carbocycles. The van der Waals surface area contributed by atoms with Gasteiger partial charge in [0.1, 0.15) is 11.3 Å². The van der Waals surface area contributed by atoms with Crippen molar-refractivity contribution in [1.82, 2.24) is 29.3 Å². The van der Waals surface area contributed by atoms with Gasteiger partial charge in [0.15, 0.2) is 11.5 Å². The first kappa shape index (κ1) is 9.90. The van der Waals surface area contributed by atoms with Crippen LogP contribution in [0.4, 0.5) is 16.9 Å². The van der Waals surface area contributed by atoms with E-state index in [1.807, 2.05) is 6.92 Å². The maximum atomic E-state index is 5.59. The van der Waals surface area contributed by atoms with Gasteiger partial charge in [-0.2, -0.15) is 14.3 Å². The van der Waals surface area contributed by atoms with Gasteiger partial charge in [-0.05, 0) is 6.92 Å². The Morgan fingerprint density at radius 1 is 1.35 bits per heavy atom. The molecule has 0 saturated heterocycles. The summed E-state index contributed by atoms with van der Waals surface area (Å²) in [5.41, 5.74) is 6.80. The maximum absolute atomic E-state index is 5.59. The van der Waals surface area contributed by atoms with Gasteiger partial charge in [0, 0.05) is 11.5 Å². The number of fused-ring (bicyclic) bond motifs is 1. The van der Waals surface area contributed by atoms with Crippen LogP contribution in [0.25, 0.3) is 11.2 Å². The Morgan fingerprint density at radius 3 is 3.00 bits per heavy atom. The van der Waals surface area contributed by atoms with E-state index < -0.39 is 0 Å². The first-order chi connectivity index (χ1) is 8.22. The number of imidazole rings is 1.